The number of carbonyl (C=O) groups excluding carboxylic acids is 1. The highest BCUT2D eigenvalue weighted by molar-refractivity contribution is 7.91. The summed E-state index contributed by atoms with van der Waals surface area (Å²) >= 11 is 0. The van der Waals surface area contributed by atoms with Gasteiger partial charge in [0, 0.05) is 13.1 Å². The van der Waals surface area contributed by atoms with Crippen molar-refractivity contribution in [2.75, 3.05) is 31.7 Å². The Labute approximate surface area is 131 Å². The minimum atomic E-state index is -2.98. The lowest BCUT2D eigenvalue weighted by Crippen LogP contribution is -2.44. The number of nitrogens with one attached hydrogen (secondary N) is 1. The minimum absolute atomic E-state index is 0.0340. The Kier molecular flexibility index (Phi) is 5.28. The van der Waals surface area contributed by atoms with E-state index >= 15 is 0 Å². The molecule has 2 amide bonds. The van der Waals surface area contributed by atoms with E-state index < -0.39 is 9.84 Å². The first-order valence-electron chi connectivity index (χ1n) is 7.28. The van der Waals surface area contributed by atoms with Crippen molar-refractivity contribution in [2.45, 2.75) is 19.4 Å². The fraction of sp³-hybridized carbons (Fsp3) is 0.533. The minimum Gasteiger partial charge on any atom is -0.491 e. The normalized spacial score (nSPS) is 19.6. The molecule has 0 aromatic heterocycles. The van der Waals surface area contributed by atoms with Crippen molar-refractivity contribution in [1.29, 1.82) is 0 Å². The molecule has 0 bridgehead atoms. The van der Waals surface area contributed by atoms with Crippen molar-refractivity contribution in [3.63, 3.8) is 0 Å². The maximum atomic E-state index is 12.0. The molecule has 1 atom stereocenters. The van der Waals surface area contributed by atoms with Gasteiger partial charge in [-0.25, -0.2) is 13.2 Å². The number of benzene rings is 1. The first-order chi connectivity index (χ1) is 10.4. The second kappa shape index (κ2) is 7.00. The van der Waals surface area contributed by atoms with Crippen LogP contribution in [0, 0.1) is 6.92 Å². The zero-order chi connectivity index (χ0) is 16.2. The van der Waals surface area contributed by atoms with Crippen LogP contribution in [0.25, 0.3) is 0 Å². The number of amides is 2. The van der Waals surface area contributed by atoms with Crippen LogP contribution in [0.15, 0.2) is 24.3 Å². The Morgan fingerprint density at radius 1 is 1.41 bits per heavy atom. The van der Waals surface area contributed by atoms with Crippen LogP contribution in [-0.4, -0.2) is 57.1 Å². The average molecular weight is 326 g/mol. The summed E-state index contributed by atoms with van der Waals surface area (Å²) in [4.78, 5) is 13.5. The highest BCUT2D eigenvalue weighted by Gasteiger charge is 2.29. The summed E-state index contributed by atoms with van der Waals surface area (Å²) < 4.78 is 28.4. The fourth-order valence-corrected chi connectivity index (χ4v) is 3.98. The summed E-state index contributed by atoms with van der Waals surface area (Å²) in [6.45, 7) is 2.78. The standard InChI is InChI=1S/C15H22N2O4S/c1-12-5-3-4-6-14(12)21-9-8-17(2)15(18)16-13-7-10-22(19,20)11-13/h3-6,13H,7-11H2,1-2H3,(H,16,18)/t13-/m0/s1. The molecule has 1 aromatic carbocycles. The van der Waals surface area contributed by atoms with Gasteiger partial charge >= 0.3 is 6.03 Å². The van der Waals surface area contributed by atoms with Crippen LogP contribution >= 0.6 is 0 Å². The zero-order valence-electron chi connectivity index (χ0n) is 12.9. The SMILES string of the molecule is Cc1ccccc1OCCN(C)C(=O)N[C@H]1CCS(=O)(=O)C1. The van der Waals surface area contributed by atoms with Crippen LogP contribution in [0.4, 0.5) is 4.79 Å². The average Bonchev–Trinajstić information content (AvgIpc) is 2.79. The number of urea groups is 1. The number of ether oxygens (including phenoxy) is 1. The highest BCUT2D eigenvalue weighted by atomic mass is 32.2. The van der Waals surface area contributed by atoms with Gasteiger partial charge in [-0.3, -0.25) is 0 Å². The number of hydrogen-bond acceptors (Lipinski definition) is 4. The zero-order valence-corrected chi connectivity index (χ0v) is 13.7. The molecule has 1 aliphatic rings. The van der Waals surface area contributed by atoms with E-state index in [4.69, 9.17) is 4.74 Å². The molecule has 1 heterocycles. The Bertz CT molecular complexity index is 630. The number of para-hydroxylation sites is 1. The second-order valence-corrected chi connectivity index (χ2v) is 7.81. The van der Waals surface area contributed by atoms with Crippen molar-refractivity contribution >= 4 is 15.9 Å². The van der Waals surface area contributed by atoms with Crippen LogP contribution in [0.1, 0.15) is 12.0 Å². The number of hydrogen-bond donors (Lipinski definition) is 1. The summed E-state index contributed by atoms with van der Waals surface area (Å²) in [5, 5.41) is 2.75. The number of carbonyl (C=O) groups is 1. The van der Waals surface area contributed by atoms with Gasteiger partial charge in [-0.2, -0.15) is 0 Å². The molecule has 7 heteroatoms. The summed E-state index contributed by atoms with van der Waals surface area (Å²) in [6.07, 6.45) is 0.488. The van der Waals surface area contributed by atoms with Gasteiger partial charge in [0.2, 0.25) is 0 Å². The third-order valence-electron chi connectivity index (χ3n) is 3.68. The molecular weight excluding hydrogens is 304 g/mol. The van der Waals surface area contributed by atoms with E-state index in [-0.39, 0.29) is 23.6 Å². The van der Waals surface area contributed by atoms with Crippen LogP contribution in [0.5, 0.6) is 5.75 Å². The summed E-state index contributed by atoms with van der Waals surface area (Å²) in [5.41, 5.74) is 1.05. The van der Waals surface area contributed by atoms with Gasteiger partial charge in [-0.15, -0.1) is 0 Å². The molecule has 2 rings (SSSR count). The van der Waals surface area contributed by atoms with Gasteiger partial charge in [0.25, 0.3) is 0 Å². The molecule has 0 radical (unpaired) electrons. The molecule has 0 spiro atoms. The van der Waals surface area contributed by atoms with Crippen LogP contribution in [-0.2, 0) is 9.84 Å². The molecule has 0 unspecified atom stereocenters. The molecule has 22 heavy (non-hydrogen) atoms. The lowest BCUT2D eigenvalue weighted by Gasteiger charge is -2.20. The van der Waals surface area contributed by atoms with Gasteiger partial charge < -0.3 is 15.0 Å². The van der Waals surface area contributed by atoms with E-state index in [1.807, 2.05) is 31.2 Å². The number of nitrogens with zero attached hydrogens (tertiary/aromatic N) is 1. The fourth-order valence-electron chi connectivity index (χ4n) is 2.31. The molecule has 1 fully saturated rings. The Morgan fingerprint density at radius 3 is 2.77 bits per heavy atom. The number of likely N-dealkylation sites (N-methyl/N-ethyl adjacent to an activating group) is 1. The van der Waals surface area contributed by atoms with E-state index in [2.05, 4.69) is 5.32 Å². The van der Waals surface area contributed by atoms with Crippen molar-refractivity contribution in [1.82, 2.24) is 10.2 Å². The van der Waals surface area contributed by atoms with Gasteiger partial charge in [0.15, 0.2) is 9.84 Å². The molecule has 1 aromatic rings. The summed E-state index contributed by atoms with van der Waals surface area (Å²) in [5.74, 6) is 0.989. The Morgan fingerprint density at radius 2 is 2.14 bits per heavy atom. The largest absolute Gasteiger partial charge is 0.491 e. The van der Waals surface area contributed by atoms with Gasteiger partial charge in [-0.05, 0) is 25.0 Å². The Hall–Kier alpha value is -1.76. The molecule has 1 aliphatic heterocycles. The molecule has 6 nitrogen and oxygen atoms in total. The van der Waals surface area contributed by atoms with E-state index in [1.54, 1.807) is 7.05 Å². The molecule has 0 saturated carbocycles. The molecular formula is C15H22N2O4S. The maximum Gasteiger partial charge on any atom is 0.317 e. The summed E-state index contributed by atoms with van der Waals surface area (Å²) in [6, 6.07) is 7.15. The van der Waals surface area contributed by atoms with E-state index in [0.29, 0.717) is 19.6 Å². The molecule has 0 aliphatic carbocycles. The third-order valence-corrected chi connectivity index (χ3v) is 5.45. The maximum absolute atomic E-state index is 12.0. The van der Waals surface area contributed by atoms with Crippen molar-refractivity contribution in [3.8, 4) is 5.75 Å². The highest BCUT2D eigenvalue weighted by Crippen LogP contribution is 2.16. The van der Waals surface area contributed by atoms with Crippen LogP contribution in [0.2, 0.25) is 0 Å². The van der Waals surface area contributed by atoms with Crippen LogP contribution < -0.4 is 10.1 Å². The van der Waals surface area contributed by atoms with Crippen molar-refractivity contribution in [3.05, 3.63) is 29.8 Å². The molecule has 122 valence electrons. The number of sulfone groups is 1. The first-order valence-corrected chi connectivity index (χ1v) is 9.10. The molecule has 1 saturated heterocycles. The number of rotatable bonds is 5. The smallest absolute Gasteiger partial charge is 0.317 e. The second-order valence-electron chi connectivity index (χ2n) is 5.58. The summed E-state index contributed by atoms with van der Waals surface area (Å²) in [7, 11) is -1.32. The first kappa shape index (κ1) is 16.6. The van der Waals surface area contributed by atoms with E-state index in [1.165, 1.54) is 4.90 Å². The number of aryl methyl sites for hydroxylation is 1. The quantitative estimate of drug-likeness (QED) is 0.882. The van der Waals surface area contributed by atoms with Gasteiger partial charge in [-0.1, -0.05) is 18.2 Å². The topological polar surface area (TPSA) is 75.7 Å². The monoisotopic (exact) mass is 326 g/mol. The van der Waals surface area contributed by atoms with Gasteiger partial charge in [0.05, 0.1) is 18.1 Å². The predicted molar refractivity (Wildman–Crippen MR) is 84.9 cm³/mol. The lowest BCUT2D eigenvalue weighted by atomic mass is 10.2. The van der Waals surface area contributed by atoms with Crippen LogP contribution in [0.3, 0.4) is 0 Å². The van der Waals surface area contributed by atoms with Crippen molar-refractivity contribution < 1.29 is 17.9 Å². The lowest BCUT2D eigenvalue weighted by molar-refractivity contribution is 0.192. The van der Waals surface area contributed by atoms with Gasteiger partial charge in [0.1, 0.15) is 12.4 Å². The van der Waals surface area contributed by atoms with E-state index in [0.717, 1.165) is 11.3 Å². The van der Waals surface area contributed by atoms with Crippen molar-refractivity contribution in [2.24, 2.45) is 0 Å². The Balaban J connectivity index is 1.74. The molecule has 1 N–H and O–H groups in total. The van der Waals surface area contributed by atoms with E-state index in [9.17, 15) is 13.2 Å². The third kappa shape index (κ3) is 4.62. The predicted octanol–water partition coefficient (Wildman–Crippen LogP) is 1.20.